The molecule has 0 saturated carbocycles. The van der Waals surface area contributed by atoms with Gasteiger partial charge in [-0.1, -0.05) is 31.5 Å². The van der Waals surface area contributed by atoms with Gasteiger partial charge in [-0.25, -0.2) is 8.42 Å². The number of aryl methyl sites for hydroxylation is 1. The zero-order chi connectivity index (χ0) is 23.2. The number of nitro benzene ring substituents is 1. The predicted molar refractivity (Wildman–Crippen MR) is 116 cm³/mol. The van der Waals surface area contributed by atoms with Gasteiger partial charge in [0.2, 0.25) is 15.9 Å². The minimum Gasteiger partial charge on any atom is -0.387 e. The van der Waals surface area contributed by atoms with E-state index in [0.29, 0.717) is 5.56 Å². The van der Waals surface area contributed by atoms with Crippen LogP contribution in [0.15, 0.2) is 53.4 Å². The lowest BCUT2D eigenvalue weighted by Crippen LogP contribution is -2.48. The Labute approximate surface area is 181 Å². The molecular formula is C21H27N3O6S. The molecule has 0 aromatic heterocycles. The third-order valence-corrected chi connectivity index (χ3v) is 6.10. The first-order valence-corrected chi connectivity index (χ1v) is 11.3. The van der Waals surface area contributed by atoms with E-state index in [0.717, 1.165) is 5.56 Å². The van der Waals surface area contributed by atoms with Crippen LogP contribution in [0, 0.1) is 23.0 Å². The van der Waals surface area contributed by atoms with Crippen LogP contribution in [0.3, 0.4) is 0 Å². The van der Waals surface area contributed by atoms with Crippen molar-refractivity contribution in [2.45, 2.75) is 44.2 Å². The molecule has 2 atom stereocenters. The van der Waals surface area contributed by atoms with Crippen molar-refractivity contribution < 1.29 is 23.2 Å². The quantitative estimate of drug-likeness (QED) is 0.376. The third kappa shape index (κ3) is 7.12. The summed E-state index contributed by atoms with van der Waals surface area (Å²) in [5.41, 5.74) is 1.20. The Kier molecular flexibility index (Phi) is 8.26. The van der Waals surface area contributed by atoms with Crippen LogP contribution in [0.25, 0.3) is 0 Å². The number of hydrogen-bond acceptors (Lipinski definition) is 6. The zero-order valence-corrected chi connectivity index (χ0v) is 18.4. The molecular weight excluding hydrogens is 422 g/mol. The second kappa shape index (κ2) is 10.5. The van der Waals surface area contributed by atoms with Crippen LogP contribution in [0.1, 0.15) is 37.5 Å². The summed E-state index contributed by atoms with van der Waals surface area (Å²) in [5.74, 6) is -0.526. The Morgan fingerprint density at radius 1 is 1.10 bits per heavy atom. The fraction of sp³-hybridized carbons (Fsp3) is 0.381. The minimum absolute atomic E-state index is 0.0380. The number of nitrogens with zero attached hydrogens (tertiary/aromatic N) is 1. The molecule has 10 heteroatoms. The van der Waals surface area contributed by atoms with Gasteiger partial charge in [-0.3, -0.25) is 14.9 Å². The highest BCUT2D eigenvalue weighted by Crippen LogP contribution is 2.18. The molecule has 2 aromatic rings. The number of hydrogen-bond donors (Lipinski definition) is 3. The van der Waals surface area contributed by atoms with Crippen LogP contribution in [0.5, 0.6) is 0 Å². The van der Waals surface area contributed by atoms with E-state index < -0.39 is 33.0 Å². The van der Waals surface area contributed by atoms with Crippen molar-refractivity contribution in [1.29, 1.82) is 0 Å². The number of nitro groups is 1. The van der Waals surface area contributed by atoms with Crippen molar-refractivity contribution in [3.8, 4) is 0 Å². The van der Waals surface area contributed by atoms with Gasteiger partial charge in [-0.05, 0) is 49.1 Å². The fourth-order valence-corrected chi connectivity index (χ4v) is 4.12. The molecule has 2 aromatic carbocycles. The van der Waals surface area contributed by atoms with Crippen LogP contribution in [0.2, 0.25) is 0 Å². The number of benzene rings is 2. The molecule has 0 radical (unpaired) electrons. The highest BCUT2D eigenvalue weighted by molar-refractivity contribution is 7.89. The summed E-state index contributed by atoms with van der Waals surface area (Å²) in [6.45, 7) is 5.41. The molecule has 0 aliphatic heterocycles. The summed E-state index contributed by atoms with van der Waals surface area (Å²) in [5, 5.41) is 23.6. The van der Waals surface area contributed by atoms with Crippen LogP contribution < -0.4 is 10.0 Å². The maximum atomic E-state index is 12.7. The molecule has 0 fully saturated rings. The number of carbonyl (C=O) groups excluding carboxylic acids is 1. The Morgan fingerprint density at radius 2 is 1.68 bits per heavy atom. The van der Waals surface area contributed by atoms with Gasteiger partial charge < -0.3 is 10.4 Å². The number of aliphatic hydroxyl groups is 1. The normalized spacial score (nSPS) is 13.6. The second-order valence-corrected chi connectivity index (χ2v) is 9.44. The number of aliphatic hydroxyl groups excluding tert-OH is 1. The van der Waals surface area contributed by atoms with Crippen molar-refractivity contribution >= 4 is 21.6 Å². The topological polar surface area (TPSA) is 139 Å². The Balaban J connectivity index is 2.06. The Morgan fingerprint density at radius 3 is 2.19 bits per heavy atom. The Hall–Kier alpha value is -2.82. The molecule has 0 saturated heterocycles. The summed E-state index contributed by atoms with van der Waals surface area (Å²) in [6.07, 6.45) is -0.831. The van der Waals surface area contributed by atoms with E-state index in [9.17, 15) is 28.4 Å². The van der Waals surface area contributed by atoms with E-state index in [4.69, 9.17) is 0 Å². The number of rotatable bonds is 10. The maximum Gasteiger partial charge on any atom is 0.269 e. The monoisotopic (exact) mass is 449 g/mol. The summed E-state index contributed by atoms with van der Waals surface area (Å²) in [4.78, 5) is 22.9. The van der Waals surface area contributed by atoms with Gasteiger partial charge in [0.1, 0.15) is 6.04 Å². The van der Waals surface area contributed by atoms with Crippen LogP contribution in [-0.2, 0) is 14.8 Å². The molecule has 2 rings (SSSR count). The van der Waals surface area contributed by atoms with E-state index in [-0.39, 0.29) is 29.5 Å². The first-order chi connectivity index (χ1) is 14.5. The number of nitrogens with one attached hydrogen (secondary N) is 2. The molecule has 0 aliphatic carbocycles. The number of sulfonamides is 1. The van der Waals surface area contributed by atoms with Crippen molar-refractivity contribution in [1.82, 2.24) is 10.0 Å². The molecule has 168 valence electrons. The predicted octanol–water partition coefficient (Wildman–Crippen LogP) is 2.45. The standard InChI is InChI=1S/C21H27N3O6S/c1-14(2)12-19(23-31(29,30)18-10-4-15(3)5-11-18)21(26)22-13-20(25)16-6-8-17(9-7-16)24(27)28/h4-11,14,19-20,23,25H,12-13H2,1-3H3,(H,22,26). The molecule has 9 nitrogen and oxygen atoms in total. The van der Waals surface area contributed by atoms with E-state index in [1.54, 1.807) is 12.1 Å². The van der Waals surface area contributed by atoms with E-state index in [2.05, 4.69) is 10.0 Å². The average molecular weight is 450 g/mol. The summed E-state index contributed by atoms with van der Waals surface area (Å²) in [6, 6.07) is 10.6. The van der Waals surface area contributed by atoms with Crippen LogP contribution >= 0.6 is 0 Å². The molecule has 0 aliphatic rings. The lowest BCUT2D eigenvalue weighted by molar-refractivity contribution is -0.384. The molecule has 0 heterocycles. The highest BCUT2D eigenvalue weighted by Gasteiger charge is 2.27. The smallest absolute Gasteiger partial charge is 0.269 e. The summed E-state index contributed by atoms with van der Waals surface area (Å²) < 4.78 is 27.8. The Bertz CT molecular complexity index is 1000. The first-order valence-electron chi connectivity index (χ1n) is 9.78. The van der Waals surface area contributed by atoms with Crippen molar-refractivity contribution in [3.63, 3.8) is 0 Å². The van der Waals surface area contributed by atoms with Gasteiger partial charge in [0.05, 0.1) is 15.9 Å². The molecule has 1 amide bonds. The molecule has 0 bridgehead atoms. The van der Waals surface area contributed by atoms with Gasteiger partial charge >= 0.3 is 0 Å². The zero-order valence-electron chi connectivity index (χ0n) is 17.6. The van der Waals surface area contributed by atoms with Crippen LogP contribution in [-0.4, -0.2) is 36.9 Å². The maximum absolute atomic E-state index is 12.7. The van der Waals surface area contributed by atoms with Gasteiger partial charge in [0.25, 0.3) is 5.69 Å². The van der Waals surface area contributed by atoms with Crippen molar-refractivity contribution in [2.75, 3.05) is 6.54 Å². The van der Waals surface area contributed by atoms with Gasteiger partial charge in [-0.2, -0.15) is 4.72 Å². The molecule has 0 spiro atoms. The number of non-ortho nitro benzene ring substituents is 1. The largest absolute Gasteiger partial charge is 0.387 e. The van der Waals surface area contributed by atoms with Crippen LogP contribution in [0.4, 0.5) is 5.69 Å². The van der Waals surface area contributed by atoms with E-state index in [1.807, 2.05) is 20.8 Å². The lowest BCUT2D eigenvalue weighted by atomic mass is 10.0. The lowest BCUT2D eigenvalue weighted by Gasteiger charge is -2.21. The van der Waals surface area contributed by atoms with Gasteiger partial charge in [-0.15, -0.1) is 0 Å². The second-order valence-electron chi connectivity index (χ2n) is 7.73. The summed E-state index contributed by atoms with van der Waals surface area (Å²) >= 11 is 0. The average Bonchev–Trinajstić information content (AvgIpc) is 2.71. The van der Waals surface area contributed by atoms with Gasteiger partial charge in [0.15, 0.2) is 0 Å². The minimum atomic E-state index is -3.91. The number of amides is 1. The first kappa shape index (κ1) is 24.4. The van der Waals surface area contributed by atoms with Gasteiger partial charge in [0, 0.05) is 18.7 Å². The van der Waals surface area contributed by atoms with Crippen molar-refractivity contribution in [3.05, 3.63) is 69.8 Å². The van der Waals surface area contributed by atoms with E-state index in [1.165, 1.54) is 36.4 Å². The third-order valence-electron chi connectivity index (χ3n) is 4.61. The molecule has 3 N–H and O–H groups in total. The summed E-state index contributed by atoms with van der Waals surface area (Å²) in [7, 11) is -3.91. The van der Waals surface area contributed by atoms with E-state index >= 15 is 0 Å². The SMILES string of the molecule is Cc1ccc(S(=O)(=O)NC(CC(C)C)C(=O)NCC(O)c2ccc([N+](=O)[O-])cc2)cc1. The molecule has 2 unspecified atom stereocenters. The van der Waals surface area contributed by atoms with Crippen molar-refractivity contribution in [2.24, 2.45) is 5.92 Å². The molecule has 31 heavy (non-hydrogen) atoms. The highest BCUT2D eigenvalue weighted by atomic mass is 32.2. The number of carbonyl (C=O) groups is 1. The fourth-order valence-electron chi connectivity index (χ4n) is 2.91.